The van der Waals surface area contributed by atoms with Crippen LogP contribution in [0.1, 0.15) is 59.8 Å². The maximum atomic E-state index is 13.4. The van der Waals surface area contributed by atoms with Gasteiger partial charge in [-0.25, -0.2) is 18.4 Å². The van der Waals surface area contributed by atoms with Gasteiger partial charge in [-0.1, -0.05) is 12.1 Å². The Hall–Kier alpha value is -3.70. The number of esters is 1. The molecule has 0 fully saturated rings. The molecule has 3 rings (SSSR count). The number of nitrogens with zero attached hydrogens (tertiary/aromatic N) is 1. The molecule has 1 N–H and O–H groups in total. The van der Waals surface area contributed by atoms with Crippen molar-refractivity contribution in [1.29, 1.82) is 0 Å². The van der Waals surface area contributed by atoms with Crippen LogP contribution in [0.15, 0.2) is 36.4 Å². The van der Waals surface area contributed by atoms with Gasteiger partial charge >= 0.3 is 18.2 Å². The van der Waals surface area contributed by atoms with Crippen molar-refractivity contribution in [2.45, 2.75) is 58.0 Å². The van der Waals surface area contributed by atoms with Gasteiger partial charge < -0.3 is 19.7 Å². The molecule has 2 aromatic carbocycles. The minimum atomic E-state index is -4.75. The number of rotatable bonds is 5. The van der Waals surface area contributed by atoms with E-state index in [9.17, 15) is 36.3 Å². The number of methoxy groups -OCH3 is 1. The van der Waals surface area contributed by atoms with Crippen molar-refractivity contribution in [2.75, 3.05) is 12.0 Å². The van der Waals surface area contributed by atoms with Gasteiger partial charge in [-0.2, -0.15) is 13.2 Å². The number of fused-ring (bicyclic) bond motifs is 1. The maximum absolute atomic E-state index is 13.4. The average Bonchev–Trinajstić information content (AvgIpc) is 2.79. The zero-order chi connectivity index (χ0) is 27.7. The van der Waals surface area contributed by atoms with Crippen LogP contribution in [-0.4, -0.2) is 36.7 Å². The number of nitrogens with one attached hydrogen (secondary N) is 1. The number of amides is 2. The molecule has 2 amide bonds. The number of alkyl halides is 5. The second kappa shape index (κ2) is 10.3. The fraction of sp³-hybridized carbons (Fsp3) is 0.400. The number of carbonyl (C=O) groups excluding carboxylic acids is 3. The van der Waals surface area contributed by atoms with E-state index in [0.29, 0.717) is 17.7 Å². The van der Waals surface area contributed by atoms with E-state index in [1.54, 1.807) is 20.8 Å². The predicted molar refractivity (Wildman–Crippen MR) is 122 cm³/mol. The highest BCUT2D eigenvalue weighted by molar-refractivity contribution is 6.02. The third-order valence-electron chi connectivity index (χ3n) is 5.50. The van der Waals surface area contributed by atoms with Gasteiger partial charge in [0.25, 0.3) is 6.43 Å². The molecule has 0 unspecified atom stereocenters. The van der Waals surface area contributed by atoms with Gasteiger partial charge in [0.15, 0.2) is 0 Å². The zero-order valence-electron chi connectivity index (χ0n) is 20.4. The summed E-state index contributed by atoms with van der Waals surface area (Å²) >= 11 is 0. The zero-order valence-corrected chi connectivity index (χ0v) is 20.4. The standard InChI is InChI=1S/C25H25F5N2O5/c1-24(2,3)37-23(35)31-18-10-13-5-6-14(20(26)27)11-19(13)32(21(18)33)12-15-9-16(25(28,29)30)7-8-17(15)22(34)36-4/h5-9,11,18,20H,10,12H2,1-4H3,(H,31,35)/t18-/m1/s1. The molecule has 2 aromatic rings. The van der Waals surface area contributed by atoms with Crippen LogP contribution in [0, 0.1) is 0 Å². The molecule has 0 radical (unpaired) electrons. The predicted octanol–water partition coefficient (Wildman–Crippen LogP) is 5.41. The monoisotopic (exact) mass is 528 g/mol. The van der Waals surface area contributed by atoms with E-state index in [4.69, 9.17) is 4.74 Å². The molecule has 12 heteroatoms. The number of hydrogen-bond donors (Lipinski definition) is 1. The summed E-state index contributed by atoms with van der Waals surface area (Å²) < 4.78 is 77.0. The number of halogens is 5. The number of ether oxygens (including phenoxy) is 2. The van der Waals surface area contributed by atoms with E-state index >= 15 is 0 Å². The lowest BCUT2D eigenvalue weighted by Crippen LogP contribution is -2.53. The molecule has 1 aliphatic rings. The quantitative estimate of drug-likeness (QED) is 0.414. The van der Waals surface area contributed by atoms with E-state index < -0.39 is 59.9 Å². The minimum Gasteiger partial charge on any atom is -0.465 e. The van der Waals surface area contributed by atoms with Crippen LogP contribution < -0.4 is 10.2 Å². The van der Waals surface area contributed by atoms with Crippen LogP contribution in [0.3, 0.4) is 0 Å². The Kier molecular flexibility index (Phi) is 7.80. The van der Waals surface area contributed by atoms with Crippen LogP contribution >= 0.6 is 0 Å². The summed E-state index contributed by atoms with van der Waals surface area (Å²) in [5, 5.41) is 2.43. The lowest BCUT2D eigenvalue weighted by atomic mass is 9.94. The molecule has 0 saturated carbocycles. The fourth-order valence-corrected chi connectivity index (χ4v) is 3.86. The van der Waals surface area contributed by atoms with E-state index in [1.165, 1.54) is 6.07 Å². The first-order chi connectivity index (χ1) is 17.1. The van der Waals surface area contributed by atoms with E-state index in [2.05, 4.69) is 10.1 Å². The summed E-state index contributed by atoms with van der Waals surface area (Å²) in [6.07, 6.45) is -8.61. The van der Waals surface area contributed by atoms with Gasteiger partial charge in [0, 0.05) is 17.7 Å². The normalized spacial score (nSPS) is 15.9. The third-order valence-corrected chi connectivity index (χ3v) is 5.50. The van der Waals surface area contributed by atoms with Crippen LogP contribution in [0.25, 0.3) is 0 Å². The van der Waals surface area contributed by atoms with Gasteiger partial charge in [-0.15, -0.1) is 0 Å². The third kappa shape index (κ3) is 6.55. The molecule has 0 saturated heterocycles. The molecule has 7 nitrogen and oxygen atoms in total. The second-order valence-electron chi connectivity index (χ2n) is 9.38. The summed E-state index contributed by atoms with van der Waals surface area (Å²) in [4.78, 5) is 39.0. The molecular formula is C25H25F5N2O5. The van der Waals surface area contributed by atoms with Crippen molar-refractivity contribution in [3.8, 4) is 0 Å². The fourth-order valence-electron chi connectivity index (χ4n) is 3.86. The number of benzene rings is 2. The van der Waals surface area contributed by atoms with Gasteiger partial charge in [0.1, 0.15) is 11.6 Å². The summed E-state index contributed by atoms with van der Waals surface area (Å²) in [5.41, 5.74) is -2.41. The molecule has 0 bridgehead atoms. The van der Waals surface area contributed by atoms with Gasteiger partial charge in [-0.05, 0) is 56.2 Å². The topological polar surface area (TPSA) is 84.9 Å². The summed E-state index contributed by atoms with van der Waals surface area (Å²) in [7, 11) is 1.04. The molecule has 0 aliphatic carbocycles. The van der Waals surface area contributed by atoms with Gasteiger partial charge in [0.2, 0.25) is 5.91 Å². The van der Waals surface area contributed by atoms with Crippen LogP contribution in [-0.2, 0) is 33.4 Å². The Labute approximate surface area is 209 Å². The van der Waals surface area contributed by atoms with Crippen molar-refractivity contribution in [3.05, 3.63) is 64.2 Å². The van der Waals surface area contributed by atoms with E-state index in [-0.39, 0.29) is 23.2 Å². The van der Waals surface area contributed by atoms with Crippen molar-refractivity contribution in [1.82, 2.24) is 5.32 Å². The molecule has 37 heavy (non-hydrogen) atoms. The van der Waals surface area contributed by atoms with Crippen molar-refractivity contribution >= 4 is 23.7 Å². The van der Waals surface area contributed by atoms with E-state index in [0.717, 1.165) is 30.2 Å². The SMILES string of the molecule is COC(=O)c1ccc(C(F)(F)F)cc1CN1C(=O)[C@H](NC(=O)OC(C)(C)C)Cc2ccc(C(F)F)cc21. The van der Waals surface area contributed by atoms with Crippen LogP contribution in [0.2, 0.25) is 0 Å². The molecule has 1 heterocycles. The van der Waals surface area contributed by atoms with Crippen molar-refractivity contribution < 1.29 is 45.8 Å². The first kappa shape index (κ1) is 27.9. The van der Waals surface area contributed by atoms with Gasteiger partial charge in [-0.3, -0.25) is 4.79 Å². The molecule has 1 aliphatic heterocycles. The number of carbonyl (C=O) groups is 3. The highest BCUT2D eigenvalue weighted by Gasteiger charge is 2.37. The average molecular weight is 528 g/mol. The Balaban J connectivity index is 2.09. The molecule has 0 aromatic heterocycles. The lowest BCUT2D eigenvalue weighted by Gasteiger charge is -2.35. The number of alkyl carbamates (subject to hydrolysis) is 1. The van der Waals surface area contributed by atoms with Crippen molar-refractivity contribution in [3.63, 3.8) is 0 Å². The first-order valence-electron chi connectivity index (χ1n) is 11.1. The number of hydrogen-bond acceptors (Lipinski definition) is 5. The number of anilines is 1. The first-order valence-corrected chi connectivity index (χ1v) is 11.1. The molecule has 0 spiro atoms. The lowest BCUT2D eigenvalue weighted by molar-refractivity contribution is -0.137. The molecule has 1 atom stereocenters. The largest absolute Gasteiger partial charge is 0.465 e. The minimum absolute atomic E-state index is 0.0262. The summed E-state index contributed by atoms with van der Waals surface area (Å²) in [6, 6.07) is 4.69. The summed E-state index contributed by atoms with van der Waals surface area (Å²) in [5.74, 6) is -1.73. The molecular weight excluding hydrogens is 503 g/mol. The van der Waals surface area contributed by atoms with Crippen molar-refractivity contribution in [2.24, 2.45) is 0 Å². The van der Waals surface area contributed by atoms with Crippen LogP contribution in [0.4, 0.5) is 32.4 Å². The van der Waals surface area contributed by atoms with Crippen LogP contribution in [0.5, 0.6) is 0 Å². The highest BCUT2D eigenvalue weighted by atomic mass is 19.4. The highest BCUT2D eigenvalue weighted by Crippen LogP contribution is 2.36. The smallest absolute Gasteiger partial charge is 0.416 e. The Morgan fingerprint density at radius 3 is 2.35 bits per heavy atom. The Morgan fingerprint density at radius 2 is 1.78 bits per heavy atom. The van der Waals surface area contributed by atoms with Gasteiger partial charge in [0.05, 0.1) is 24.8 Å². The Morgan fingerprint density at radius 1 is 1.11 bits per heavy atom. The Bertz CT molecular complexity index is 1210. The maximum Gasteiger partial charge on any atom is 0.416 e. The molecule has 200 valence electrons. The second-order valence-corrected chi connectivity index (χ2v) is 9.38. The van der Waals surface area contributed by atoms with E-state index in [1.807, 2.05) is 0 Å². The summed E-state index contributed by atoms with van der Waals surface area (Å²) in [6.45, 7) is 4.26.